The molecule has 0 fully saturated rings. The quantitative estimate of drug-likeness (QED) is 0.359. The van der Waals surface area contributed by atoms with E-state index in [2.05, 4.69) is 38.4 Å². The highest BCUT2D eigenvalue weighted by Gasteiger charge is 2.11. The van der Waals surface area contributed by atoms with Gasteiger partial charge in [0.1, 0.15) is 5.82 Å². The summed E-state index contributed by atoms with van der Waals surface area (Å²) in [5, 5.41) is 6.57. The van der Waals surface area contributed by atoms with Crippen LogP contribution in [0.25, 0.3) is 0 Å². The molecule has 0 aliphatic heterocycles. The Morgan fingerprint density at radius 3 is 2.88 bits per heavy atom. The number of anilines is 2. The van der Waals surface area contributed by atoms with Gasteiger partial charge in [0.15, 0.2) is 11.5 Å². The van der Waals surface area contributed by atoms with Crippen LogP contribution in [-0.4, -0.2) is 24.4 Å². The maximum atomic E-state index is 5.84. The number of halogens is 1. The molecule has 0 amide bonds. The summed E-state index contributed by atoms with van der Waals surface area (Å²) in [6.07, 6.45) is 3.78. The molecule has 0 aliphatic carbocycles. The summed E-state index contributed by atoms with van der Waals surface area (Å²) in [5.74, 6) is 1.90. The van der Waals surface area contributed by atoms with Crippen molar-refractivity contribution in [3.8, 4) is 11.5 Å². The first kappa shape index (κ1) is 18.5. The zero-order chi connectivity index (χ0) is 17.4. The van der Waals surface area contributed by atoms with Crippen LogP contribution in [0.3, 0.4) is 0 Å². The second-order valence-corrected chi connectivity index (χ2v) is 6.62. The number of aromatic nitrogens is 1. The molecule has 130 valence electrons. The number of benzene rings is 1. The molecule has 0 saturated heterocycles. The fourth-order valence-electron chi connectivity index (χ4n) is 1.88. The second kappa shape index (κ2) is 9.48. The molecule has 0 bridgehead atoms. The summed E-state index contributed by atoms with van der Waals surface area (Å²) in [6.45, 7) is 5.30. The van der Waals surface area contributed by atoms with Crippen molar-refractivity contribution in [2.75, 3.05) is 24.4 Å². The topological polar surface area (TPSA) is 81.8 Å². The minimum atomic E-state index is 0.479. The van der Waals surface area contributed by atoms with Crippen LogP contribution in [0.4, 0.5) is 10.9 Å². The van der Waals surface area contributed by atoms with E-state index in [0.717, 1.165) is 28.6 Å². The van der Waals surface area contributed by atoms with E-state index in [9.17, 15) is 0 Å². The van der Waals surface area contributed by atoms with Gasteiger partial charge in [-0.1, -0.05) is 13.3 Å². The molecule has 1 aromatic carbocycles. The molecule has 6 nitrogen and oxygen atoms in total. The van der Waals surface area contributed by atoms with Gasteiger partial charge in [0.25, 0.3) is 0 Å². The molecular weight excluding hydrogens is 392 g/mol. The fraction of sp³-hybridized carbons (Fsp3) is 0.375. The largest absolute Gasteiger partial charge is 0.490 e. The summed E-state index contributed by atoms with van der Waals surface area (Å²) in [6, 6.07) is 3.84. The highest BCUT2D eigenvalue weighted by molar-refractivity contribution is 9.10. The lowest BCUT2D eigenvalue weighted by molar-refractivity contribution is 0.271. The van der Waals surface area contributed by atoms with Gasteiger partial charge in [0.05, 0.1) is 23.9 Å². The predicted octanol–water partition coefficient (Wildman–Crippen LogP) is 4.51. The highest BCUT2D eigenvalue weighted by Crippen LogP contribution is 2.36. The lowest BCUT2D eigenvalue weighted by Gasteiger charge is -2.14. The van der Waals surface area contributed by atoms with E-state index in [0.29, 0.717) is 29.9 Å². The number of unbranched alkanes of at least 4 members (excludes halogenated alkanes) is 1. The average molecular weight is 413 g/mol. The van der Waals surface area contributed by atoms with Crippen molar-refractivity contribution in [1.29, 1.82) is 0 Å². The van der Waals surface area contributed by atoms with E-state index in [1.54, 1.807) is 11.6 Å². The van der Waals surface area contributed by atoms with E-state index in [-0.39, 0.29) is 0 Å². The van der Waals surface area contributed by atoms with Crippen molar-refractivity contribution >= 4 is 44.4 Å². The van der Waals surface area contributed by atoms with Crippen molar-refractivity contribution in [1.82, 2.24) is 4.98 Å². The molecule has 2 aromatic rings. The predicted molar refractivity (Wildman–Crippen MR) is 103 cm³/mol. The first-order valence-corrected chi connectivity index (χ1v) is 9.40. The Bertz CT molecular complexity index is 691. The first-order valence-electron chi connectivity index (χ1n) is 7.73. The van der Waals surface area contributed by atoms with Crippen molar-refractivity contribution in [3.05, 3.63) is 27.5 Å². The van der Waals surface area contributed by atoms with Gasteiger partial charge in [-0.2, -0.15) is 5.10 Å². The van der Waals surface area contributed by atoms with Crippen LogP contribution in [0, 0.1) is 0 Å². The molecule has 1 aromatic heterocycles. The van der Waals surface area contributed by atoms with Crippen molar-refractivity contribution in [2.24, 2.45) is 5.10 Å². The molecular formula is C16H21BrN4O2S. The maximum absolute atomic E-state index is 5.84. The van der Waals surface area contributed by atoms with Gasteiger partial charge >= 0.3 is 0 Å². The minimum Gasteiger partial charge on any atom is -0.490 e. The van der Waals surface area contributed by atoms with Gasteiger partial charge in [-0.15, -0.1) is 11.3 Å². The van der Waals surface area contributed by atoms with Crippen LogP contribution in [0.2, 0.25) is 0 Å². The molecule has 24 heavy (non-hydrogen) atoms. The molecule has 0 saturated carbocycles. The Morgan fingerprint density at radius 1 is 1.38 bits per heavy atom. The van der Waals surface area contributed by atoms with E-state index in [1.807, 2.05) is 19.1 Å². The van der Waals surface area contributed by atoms with Gasteiger partial charge in [-0.25, -0.2) is 4.98 Å². The van der Waals surface area contributed by atoms with Crippen LogP contribution in [-0.2, 0) is 0 Å². The van der Waals surface area contributed by atoms with E-state index in [4.69, 9.17) is 15.2 Å². The summed E-state index contributed by atoms with van der Waals surface area (Å²) in [5.41, 5.74) is 9.30. The van der Waals surface area contributed by atoms with Crippen LogP contribution in [0.15, 0.2) is 27.1 Å². The third kappa shape index (κ3) is 5.38. The Balaban J connectivity index is 2.12. The fourth-order valence-corrected chi connectivity index (χ4v) is 3.01. The van der Waals surface area contributed by atoms with E-state index < -0.39 is 0 Å². The number of ether oxygens (including phenoxy) is 2. The SMILES string of the molecule is CCCCOc1c(Br)cc(C=NNc2nc(N)cs2)cc1OCC. The molecule has 0 unspecified atom stereocenters. The van der Waals surface area contributed by atoms with Gasteiger partial charge < -0.3 is 15.2 Å². The smallest absolute Gasteiger partial charge is 0.205 e. The third-order valence-electron chi connectivity index (χ3n) is 2.97. The maximum Gasteiger partial charge on any atom is 0.205 e. The van der Waals surface area contributed by atoms with Gasteiger partial charge in [-0.05, 0) is 47.0 Å². The standard InChI is InChI=1S/C16H21BrN4O2S/c1-3-5-6-23-15-12(17)7-11(8-13(15)22-4-2)9-19-21-16-20-14(18)10-24-16/h7-10H,3-6,18H2,1-2H3,(H,20,21). The molecule has 2 rings (SSSR count). The number of nitrogens with two attached hydrogens (primary N) is 1. The number of nitrogens with one attached hydrogen (secondary N) is 1. The van der Waals surface area contributed by atoms with E-state index in [1.165, 1.54) is 11.3 Å². The Labute approximate surface area is 154 Å². The first-order chi connectivity index (χ1) is 11.6. The molecule has 0 radical (unpaired) electrons. The monoisotopic (exact) mass is 412 g/mol. The number of rotatable bonds is 9. The van der Waals surface area contributed by atoms with Crippen LogP contribution in [0.1, 0.15) is 32.3 Å². The normalized spacial score (nSPS) is 11.0. The molecule has 8 heteroatoms. The van der Waals surface area contributed by atoms with E-state index >= 15 is 0 Å². The lowest BCUT2D eigenvalue weighted by atomic mass is 10.2. The van der Waals surface area contributed by atoms with Crippen LogP contribution >= 0.6 is 27.3 Å². The van der Waals surface area contributed by atoms with Crippen LogP contribution in [0.5, 0.6) is 11.5 Å². The number of hydrogen-bond acceptors (Lipinski definition) is 7. The molecule has 0 atom stereocenters. The van der Waals surface area contributed by atoms with Gasteiger partial charge in [-0.3, -0.25) is 5.43 Å². The van der Waals surface area contributed by atoms with Gasteiger partial charge in [0.2, 0.25) is 5.13 Å². The van der Waals surface area contributed by atoms with Crippen molar-refractivity contribution in [3.63, 3.8) is 0 Å². The number of nitrogen functional groups attached to an aromatic ring is 1. The molecule has 1 heterocycles. The Morgan fingerprint density at radius 2 is 2.21 bits per heavy atom. The molecule has 0 spiro atoms. The summed E-state index contributed by atoms with van der Waals surface area (Å²) in [4.78, 5) is 4.08. The van der Waals surface area contributed by atoms with Crippen molar-refractivity contribution in [2.45, 2.75) is 26.7 Å². The summed E-state index contributed by atoms with van der Waals surface area (Å²) < 4.78 is 12.4. The Hall–Kier alpha value is -1.80. The van der Waals surface area contributed by atoms with Crippen LogP contribution < -0.4 is 20.6 Å². The zero-order valence-corrected chi connectivity index (χ0v) is 16.1. The number of nitrogens with zero attached hydrogens (tertiary/aromatic N) is 2. The molecule has 0 aliphatic rings. The number of hydrogen-bond donors (Lipinski definition) is 2. The summed E-state index contributed by atoms with van der Waals surface area (Å²) in [7, 11) is 0. The summed E-state index contributed by atoms with van der Waals surface area (Å²) >= 11 is 4.94. The number of thiazole rings is 1. The third-order valence-corrected chi connectivity index (χ3v) is 4.33. The van der Waals surface area contributed by atoms with Crippen molar-refractivity contribution < 1.29 is 9.47 Å². The lowest BCUT2D eigenvalue weighted by Crippen LogP contribution is -2.02. The highest BCUT2D eigenvalue weighted by atomic mass is 79.9. The average Bonchev–Trinajstić information content (AvgIpc) is 2.96. The second-order valence-electron chi connectivity index (χ2n) is 4.91. The Kier molecular flexibility index (Phi) is 7.33. The van der Waals surface area contributed by atoms with Gasteiger partial charge in [0, 0.05) is 5.38 Å². The zero-order valence-electron chi connectivity index (χ0n) is 13.7. The minimum absolute atomic E-state index is 0.479. The number of hydrazone groups is 1. The molecule has 3 N–H and O–H groups in total.